The van der Waals surface area contributed by atoms with Gasteiger partial charge < -0.3 is 15.0 Å². The Morgan fingerprint density at radius 2 is 2.16 bits per heavy atom. The quantitative estimate of drug-likeness (QED) is 0.798. The maximum absolute atomic E-state index is 5.13. The number of unbranched alkanes of at least 4 members (excludes halogenated alkanes) is 1. The van der Waals surface area contributed by atoms with Crippen LogP contribution in [0.4, 0.5) is 5.69 Å². The summed E-state index contributed by atoms with van der Waals surface area (Å²) in [5.74, 6) is 0. The molecular weight excluding hydrogens is 236 g/mol. The fourth-order valence-corrected chi connectivity index (χ4v) is 2.91. The van der Waals surface area contributed by atoms with E-state index in [2.05, 4.69) is 41.5 Å². The van der Waals surface area contributed by atoms with Crippen LogP contribution in [-0.2, 0) is 4.74 Å². The summed E-state index contributed by atoms with van der Waals surface area (Å²) in [5, 5.41) is 3.45. The third-order valence-electron chi connectivity index (χ3n) is 3.95. The van der Waals surface area contributed by atoms with Gasteiger partial charge in [-0.25, -0.2) is 0 Å². The van der Waals surface area contributed by atoms with Crippen molar-refractivity contribution in [2.45, 2.75) is 31.7 Å². The third-order valence-corrected chi connectivity index (χ3v) is 3.95. The van der Waals surface area contributed by atoms with E-state index in [1.54, 1.807) is 7.11 Å². The largest absolute Gasteiger partial charge is 0.385 e. The number of anilines is 1. The van der Waals surface area contributed by atoms with Crippen LogP contribution >= 0.6 is 0 Å². The number of ether oxygens (including phenoxy) is 1. The second-order valence-electron chi connectivity index (χ2n) is 5.23. The topological polar surface area (TPSA) is 24.5 Å². The molecule has 106 valence electrons. The fraction of sp³-hybridized carbons (Fsp3) is 0.625. The van der Waals surface area contributed by atoms with Crippen LogP contribution in [0.3, 0.4) is 0 Å². The normalized spacial score (nSPS) is 19.1. The van der Waals surface area contributed by atoms with E-state index < -0.39 is 0 Å². The molecule has 0 saturated heterocycles. The second-order valence-corrected chi connectivity index (χ2v) is 5.23. The van der Waals surface area contributed by atoms with Gasteiger partial charge in [0.2, 0.25) is 0 Å². The van der Waals surface area contributed by atoms with Crippen LogP contribution in [0.2, 0.25) is 0 Å². The highest BCUT2D eigenvalue weighted by molar-refractivity contribution is 5.55. The molecule has 1 atom stereocenters. The van der Waals surface area contributed by atoms with Crippen LogP contribution in [0.15, 0.2) is 24.3 Å². The molecule has 3 nitrogen and oxygen atoms in total. The zero-order valence-corrected chi connectivity index (χ0v) is 12.2. The van der Waals surface area contributed by atoms with Crippen LogP contribution in [0.1, 0.15) is 37.3 Å². The first-order chi connectivity index (χ1) is 9.36. The Balaban J connectivity index is 2.07. The molecule has 0 bridgehead atoms. The first kappa shape index (κ1) is 14.4. The lowest BCUT2D eigenvalue weighted by Gasteiger charge is -2.25. The van der Waals surface area contributed by atoms with E-state index in [1.165, 1.54) is 37.1 Å². The number of nitrogens with one attached hydrogen (secondary N) is 1. The van der Waals surface area contributed by atoms with E-state index in [1.807, 2.05) is 0 Å². The molecule has 0 spiro atoms. The summed E-state index contributed by atoms with van der Waals surface area (Å²) in [6.45, 7) is 3.17. The highest BCUT2D eigenvalue weighted by Gasteiger charge is 2.20. The third kappa shape index (κ3) is 3.71. The number of nitrogens with zero attached hydrogens (tertiary/aromatic N) is 1. The van der Waals surface area contributed by atoms with E-state index in [9.17, 15) is 0 Å². The van der Waals surface area contributed by atoms with Crippen molar-refractivity contribution in [2.24, 2.45) is 0 Å². The molecule has 0 amide bonds. The molecule has 1 aliphatic heterocycles. The Bertz CT molecular complexity index is 381. The maximum atomic E-state index is 5.13. The van der Waals surface area contributed by atoms with Crippen LogP contribution < -0.4 is 10.2 Å². The second kappa shape index (κ2) is 7.51. The molecule has 0 saturated carbocycles. The monoisotopic (exact) mass is 262 g/mol. The summed E-state index contributed by atoms with van der Waals surface area (Å²) in [6, 6.07) is 9.34. The highest BCUT2D eigenvalue weighted by Crippen LogP contribution is 2.32. The summed E-state index contributed by atoms with van der Waals surface area (Å²) in [4.78, 5) is 2.54. The van der Waals surface area contributed by atoms with Crippen molar-refractivity contribution in [2.75, 3.05) is 38.8 Å². The number of methoxy groups -OCH3 is 1. The van der Waals surface area contributed by atoms with Gasteiger partial charge in [0.05, 0.1) is 0 Å². The van der Waals surface area contributed by atoms with Gasteiger partial charge in [0.1, 0.15) is 0 Å². The van der Waals surface area contributed by atoms with Crippen molar-refractivity contribution in [1.82, 2.24) is 5.32 Å². The van der Waals surface area contributed by atoms with Crippen molar-refractivity contribution < 1.29 is 4.74 Å². The zero-order valence-electron chi connectivity index (χ0n) is 12.2. The summed E-state index contributed by atoms with van der Waals surface area (Å²) in [6.07, 6.45) is 4.82. The lowest BCUT2D eigenvalue weighted by Crippen LogP contribution is -2.25. The SMILES string of the molecule is CNC1CCCN(CCCCOC)c2ccccc21. The molecule has 1 aromatic rings. The van der Waals surface area contributed by atoms with Gasteiger partial charge in [-0.15, -0.1) is 0 Å². The lowest BCUT2D eigenvalue weighted by atomic mass is 10.0. The first-order valence-electron chi connectivity index (χ1n) is 7.37. The molecule has 0 aromatic heterocycles. The summed E-state index contributed by atoms with van der Waals surface area (Å²) >= 11 is 0. The van der Waals surface area contributed by atoms with Crippen LogP contribution in [0.5, 0.6) is 0 Å². The highest BCUT2D eigenvalue weighted by atomic mass is 16.5. The van der Waals surface area contributed by atoms with E-state index in [-0.39, 0.29) is 0 Å². The van der Waals surface area contributed by atoms with Gasteiger partial charge in [0.15, 0.2) is 0 Å². The first-order valence-corrected chi connectivity index (χ1v) is 7.37. The molecule has 3 heteroatoms. The van der Waals surface area contributed by atoms with Crippen LogP contribution in [0, 0.1) is 0 Å². The molecule has 1 heterocycles. The van der Waals surface area contributed by atoms with E-state index in [4.69, 9.17) is 4.74 Å². The fourth-order valence-electron chi connectivity index (χ4n) is 2.91. The van der Waals surface area contributed by atoms with E-state index in [0.717, 1.165) is 19.6 Å². The van der Waals surface area contributed by atoms with Gasteiger partial charge in [-0.2, -0.15) is 0 Å². The summed E-state index contributed by atoms with van der Waals surface area (Å²) in [7, 11) is 3.84. The predicted molar refractivity (Wildman–Crippen MR) is 80.8 cm³/mol. The Hall–Kier alpha value is -1.06. The molecular formula is C16H26N2O. The predicted octanol–water partition coefficient (Wildman–Crippen LogP) is 2.97. The molecule has 1 N–H and O–H groups in total. The molecule has 19 heavy (non-hydrogen) atoms. The number of hydrogen-bond acceptors (Lipinski definition) is 3. The van der Waals surface area contributed by atoms with Gasteiger partial charge in [-0.05, 0) is 44.4 Å². The van der Waals surface area contributed by atoms with Gasteiger partial charge in [0.25, 0.3) is 0 Å². The average Bonchev–Trinajstić information content (AvgIpc) is 2.63. The molecule has 2 rings (SSSR count). The summed E-state index contributed by atoms with van der Waals surface area (Å²) < 4.78 is 5.13. The molecule has 0 aliphatic carbocycles. The van der Waals surface area contributed by atoms with Crippen molar-refractivity contribution in [3.8, 4) is 0 Å². The number of rotatable bonds is 6. The van der Waals surface area contributed by atoms with E-state index in [0.29, 0.717) is 6.04 Å². The lowest BCUT2D eigenvalue weighted by molar-refractivity contribution is 0.193. The molecule has 1 aliphatic rings. The number of benzene rings is 1. The van der Waals surface area contributed by atoms with Crippen molar-refractivity contribution >= 4 is 5.69 Å². The standard InChI is InChI=1S/C16H26N2O/c1-17-15-9-7-12-18(11-5-6-13-19-2)16-10-4-3-8-14(15)16/h3-4,8,10,15,17H,5-7,9,11-13H2,1-2H3. The maximum Gasteiger partial charge on any atom is 0.0462 e. The minimum absolute atomic E-state index is 0.500. The van der Waals surface area contributed by atoms with Gasteiger partial charge in [0, 0.05) is 38.5 Å². The van der Waals surface area contributed by atoms with E-state index >= 15 is 0 Å². The van der Waals surface area contributed by atoms with Gasteiger partial charge >= 0.3 is 0 Å². The van der Waals surface area contributed by atoms with Crippen LogP contribution in [0.25, 0.3) is 0 Å². The van der Waals surface area contributed by atoms with Crippen molar-refractivity contribution in [3.63, 3.8) is 0 Å². The minimum Gasteiger partial charge on any atom is -0.385 e. The summed E-state index contributed by atoms with van der Waals surface area (Å²) in [5.41, 5.74) is 2.87. The zero-order chi connectivity index (χ0) is 13.5. The van der Waals surface area contributed by atoms with Crippen molar-refractivity contribution in [3.05, 3.63) is 29.8 Å². The number of hydrogen-bond donors (Lipinski definition) is 1. The Morgan fingerprint density at radius 3 is 2.95 bits per heavy atom. The number of para-hydroxylation sites is 1. The minimum atomic E-state index is 0.500. The van der Waals surface area contributed by atoms with Crippen molar-refractivity contribution in [1.29, 1.82) is 0 Å². The van der Waals surface area contributed by atoms with Gasteiger partial charge in [-0.3, -0.25) is 0 Å². The number of fused-ring (bicyclic) bond motifs is 1. The Kier molecular flexibility index (Phi) is 5.67. The Labute approximate surface area is 116 Å². The molecule has 1 unspecified atom stereocenters. The Morgan fingerprint density at radius 1 is 1.32 bits per heavy atom. The molecule has 0 radical (unpaired) electrons. The average molecular weight is 262 g/mol. The van der Waals surface area contributed by atoms with Gasteiger partial charge in [-0.1, -0.05) is 18.2 Å². The molecule has 0 fully saturated rings. The molecule has 1 aromatic carbocycles. The van der Waals surface area contributed by atoms with Crippen LogP contribution in [-0.4, -0.2) is 33.9 Å². The smallest absolute Gasteiger partial charge is 0.0462 e.